The minimum atomic E-state index is -3.54. The average molecular weight is 409 g/mol. The smallest absolute Gasteiger partial charge is 0.244 e. The van der Waals surface area contributed by atoms with Crippen LogP contribution in [0.3, 0.4) is 0 Å². The third-order valence-electron chi connectivity index (χ3n) is 4.23. The van der Waals surface area contributed by atoms with E-state index in [-0.39, 0.29) is 10.7 Å². The topological polar surface area (TPSA) is 74.7 Å². The molecule has 0 bridgehead atoms. The van der Waals surface area contributed by atoms with Crippen molar-refractivity contribution in [3.05, 3.63) is 47.9 Å². The van der Waals surface area contributed by atoms with Gasteiger partial charge in [-0.15, -0.1) is 11.8 Å². The summed E-state index contributed by atoms with van der Waals surface area (Å²) in [6.07, 6.45) is 2.03. The van der Waals surface area contributed by atoms with Gasteiger partial charge in [0.25, 0.3) is 0 Å². The summed E-state index contributed by atoms with van der Waals surface area (Å²) in [6, 6.07) is 7.77. The molecule has 0 aliphatic carbocycles. The van der Waals surface area contributed by atoms with Crippen LogP contribution in [-0.2, 0) is 10.0 Å². The standard InChI is InChI=1S/C18H21FN4O2S2/c1-3-23(4-2)27(24,25)14-6-8-18(20-12-14)22-21-16-9-10-26-17-7-5-13(19)11-15(16)17/h5-8,11-12H,3-4,9-10H2,1-2H3,(H,20,22)/b21-16-. The van der Waals surface area contributed by atoms with E-state index in [1.54, 1.807) is 37.7 Å². The minimum absolute atomic E-state index is 0.144. The van der Waals surface area contributed by atoms with Gasteiger partial charge in [0.05, 0.1) is 5.71 Å². The molecule has 1 aliphatic rings. The van der Waals surface area contributed by atoms with E-state index in [1.807, 2.05) is 0 Å². The predicted octanol–water partition coefficient (Wildman–Crippen LogP) is 3.56. The number of sulfonamides is 1. The number of nitrogens with zero attached hydrogens (tertiary/aromatic N) is 3. The van der Waals surface area contributed by atoms with E-state index >= 15 is 0 Å². The number of pyridine rings is 1. The first-order valence-corrected chi connectivity index (χ1v) is 11.1. The van der Waals surface area contributed by atoms with Gasteiger partial charge < -0.3 is 0 Å². The lowest BCUT2D eigenvalue weighted by Crippen LogP contribution is -2.30. The van der Waals surface area contributed by atoms with Crippen molar-refractivity contribution in [2.75, 3.05) is 24.3 Å². The Morgan fingerprint density at radius 3 is 2.70 bits per heavy atom. The van der Waals surface area contributed by atoms with Crippen LogP contribution in [0.25, 0.3) is 0 Å². The van der Waals surface area contributed by atoms with Crippen molar-refractivity contribution in [2.24, 2.45) is 5.10 Å². The van der Waals surface area contributed by atoms with Gasteiger partial charge in [-0.1, -0.05) is 13.8 Å². The lowest BCUT2D eigenvalue weighted by Gasteiger charge is -2.18. The maximum Gasteiger partial charge on any atom is 0.244 e. The van der Waals surface area contributed by atoms with Crippen LogP contribution in [-0.4, -0.2) is 42.3 Å². The molecule has 1 N–H and O–H groups in total. The van der Waals surface area contributed by atoms with Crippen LogP contribution in [0.1, 0.15) is 25.8 Å². The molecule has 1 aliphatic heterocycles. The van der Waals surface area contributed by atoms with Gasteiger partial charge in [-0.25, -0.2) is 17.8 Å². The summed E-state index contributed by atoms with van der Waals surface area (Å²) < 4.78 is 39.9. The Labute approximate surface area is 162 Å². The van der Waals surface area contributed by atoms with Crippen molar-refractivity contribution in [3.8, 4) is 0 Å². The lowest BCUT2D eigenvalue weighted by atomic mass is 10.1. The number of halogens is 1. The van der Waals surface area contributed by atoms with Crippen molar-refractivity contribution < 1.29 is 12.8 Å². The van der Waals surface area contributed by atoms with Gasteiger partial charge in [0.2, 0.25) is 10.0 Å². The zero-order valence-corrected chi connectivity index (χ0v) is 16.8. The summed E-state index contributed by atoms with van der Waals surface area (Å²) >= 11 is 1.67. The van der Waals surface area contributed by atoms with Crippen LogP contribution in [0.15, 0.2) is 51.4 Å². The number of hydrazone groups is 1. The Bertz CT molecular complexity index is 942. The summed E-state index contributed by atoms with van der Waals surface area (Å²) in [7, 11) is -3.54. The molecular weight excluding hydrogens is 387 g/mol. The molecule has 0 spiro atoms. The van der Waals surface area contributed by atoms with E-state index in [0.717, 1.165) is 21.9 Å². The maximum absolute atomic E-state index is 13.6. The molecule has 0 atom stereocenters. The van der Waals surface area contributed by atoms with Crippen molar-refractivity contribution >= 4 is 33.3 Å². The third kappa shape index (κ3) is 4.31. The predicted molar refractivity (Wildman–Crippen MR) is 106 cm³/mol. The second-order valence-corrected chi connectivity index (χ2v) is 8.95. The van der Waals surface area contributed by atoms with Crippen LogP contribution in [0.2, 0.25) is 0 Å². The fourth-order valence-corrected chi connectivity index (χ4v) is 5.21. The summed E-state index contributed by atoms with van der Waals surface area (Å²) in [4.78, 5) is 5.29. The van der Waals surface area contributed by atoms with Crippen LogP contribution < -0.4 is 5.43 Å². The first kappa shape index (κ1) is 19.8. The Morgan fingerprint density at radius 2 is 2.04 bits per heavy atom. The lowest BCUT2D eigenvalue weighted by molar-refractivity contribution is 0.445. The summed E-state index contributed by atoms with van der Waals surface area (Å²) in [5, 5.41) is 4.36. The highest BCUT2D eigenvalue weighted by Crippen LogP contribution is 2.30. The van der Waals surface area contributed by atoms with Gasteiger partial charge in [-0.2, -0.15) is 9.41 Å². The highest BCUT2D eigenvalue weighted by molar-refractivity contribution is 7.99. The molecule has 3 rings (SSSR count). The molecule has 0 saturated heterocycles. The van der Waals surface area contributed by atoms with Gasteiger partial charge in [0, 0.05) is 41.9 Å². The average Bonchev–Trinajstić information content (AvgIpc) is 2.67. The third-order valence-corrected chi connectivity index (χ3v) is 7.34. The SMILES string of the molecule is CCN(CC)S(=O)(=O)c1ccc(N/N=C2/CCSc3ccc(F)cc32)nc1. The monoisotopic (exact) mass is 408 g/mol. The largest absolute Gasteiger partial charge is 0.261 e. The molecule has 144 valence electrons. The fraction of sp³-hybridized carbons (Fsp3) is 0.333. The fourth-order valence-electron chi connectivity index (χ4n) is 2.80. The Kier molecular flexibility index (Phi) is 6.13. The van der Waals surface area contributed by atoms with Crippen LogP contribution in [0, 0.1) is 5.82 Å². The van der Waals surface area contributed by atoms with Crippen LogP contribution in [0.4, 0.5) is 10.2 Å². The van der Waals surface area contributed by atoms with E-state index in [4.69, 9.17) is 0 Å². The molecule has 1 aromatic carbocycles. The molecule has 0 fully saturated rings. The van der Waals surface area contributed by atoms with E-state index < -0.39 is 10.0 Å². The summed E-state index contributed by atoms with van der Waals surface area (Å²) in [5.41, 5.74) is 4.38. The van der Waals surface area contributed by atoms with Crippen molar-refractivity contribution in [1.82, 2.24) is 9.29 Å². The second-order valence-electron chi connectivity index (χ2n) is 5.88. The van der Waals surface area contributed by atoms with E-state index in [2.05, 4.69) is 15.5 Å². The molecule has 0 saturated carbocycles. The molecule has 0 amide bonds. The summed E-state index contributed by atoms with van der Waals surface area (Å²) in [6.45, 7) is 4.40. The zero-order chi connectivity index (χ0) is 19.4. The van der Waals surface area contributed by atoms with Crippen molar-refractivity contribution in [2.45, 2.75) is 30.1 Å². The molecule has 1 aromatic heterocycles. The number of hydrogen-bond acceptors (Lipinski definition) is 6. The number of aromatic nitrogens is 1. The van der Waals surface area contributed by atoms with Crippen LogP contribution in [0.5, 0.6) is 0 Å². The molecule has 6 nitrogen and oxygen atoms in total. The quantitative estimate of drug-likeness (QED) is 0.740. The van der Waals surface area contributed by atoms with Crippen molar-refractivity contribution in [1.29, 1.82) is 0 Å². The highest BCUT2D eigenvalue weighted by Gasteiger charge is 2.22. The van der Waals surface area contributed by atoms with E-state index in [1.165, 1.54) is 28.7 Å². The molecule has 0 unspecified atom stereocenters. The van der Waals surface area contributed by atoms with Crippen molar-refractivity contribution in [3.63, 3.8) is 0 Å². The Hall–Kier alpha value is -1.97. The number of nitrogens with one attached hydrogen (secondary N) is 1. The van der Waals surface area contributed by atoms with E-state index in [0.29, 0.717) is 25.3 Å². The number of benzene rings is 1. The zero-order valence-electron chi connectivity index (χ0n) is 15.1. The first-order chi connectivity index (χ1) is 13.0. The molecule has 2 aromatic rings. The van der Waals surface area contributed by atoms with Gasteiger partial charge in [0.15, 0.2) is 0 Å². The van der Waals surface area contributed by atoms with Gasteiger partial charge >= 0.3 is 0 Å². The molecular formula is C18H21FN4O2S2. The number of fused-ring (bicyclic) bond motifs is 1. The molecule has 0 radical (unpaired) electrons. The first-order valence-electron chi connectivity index (χ1n) is 8.67. The number of anilines is 1. The Morgan fingerprint density at radius 1 is 1.26 bits per heavy atom. The van der Waals surface area contributed by atoms with E-state index in [9.17, 15) is 12.8 Å². The minimum Gasteiger partial charge on any atom is -0.261 e. The normalized spacial score (nSPS) is 15.8. The van der Waals surface area contributed by atoms with Gasteiger partial charge in [0.1, 0.15) is 16.5 Å². The highest BCUT2D eigenvalue weighted by atomic mass is 32.2. The number of rotatable bonds is 6. The number of hydrogen-bond donors (Lipinski definition) is 1. The maximum atomic E-state index is 13.6. The van der Waals surface area contributed by atoms with Gasteiger partial charge in [-0.3, -0.25) is 5.43 Å². The summed E-state index contributed by atoms with van der Waals surface area (Å²) in [5.74, 6) is 0.999. The second kappa shape index (κ2) is 8.37. The number of thioether (sulfide) groups is 1. The Balaban J connectivity index is 1.79. The van der Waals surface area contributed by atoms with Gasteiger partial charge in [-0.05, 0) is 30.3 Å². The molecule has 2 heterocycles. The molecule has 27 heavy (non-hydrogen) atoms. The molecule has 9 heteroatoms. The van der Waals surface area contributed by atoms with Crippen LogP contribution >= 0.6 is 11.8 Å².